The Balaban J connectivity index is 1.24. The molecule has 10 heteroatoms. The molecule has 0 radical (unpaired) electrons. The van der Waals surface area contributed by atoms with E-state index in [1.807, 2.05) is 29.6 Å². The van der Waals surface area contributed by atoms with Gasteiger partial charge in [0.2, 0.25) is 11.9 Å². The molecular weight excluding hydrogens is 418 g/mol. The lowest BCUT2D eigenvalue weighted by Gasteiger charge is -2.35. The highest BCUT2D eigenvalue weighted by Gasteiger charge is 2.27. The maximum Gasteiger partial charge on any atom is 0.229 e. The van der Waals surface area contributed by atoms with Crippen LogP contribution in [-0.4, -0.2) is 80.6 Å². The van der Waals surface area contributed by atoms with Crippen molar-refractivity contribution in [2.75, 3.05) is 54.4 Å². The highest BCUT2D eigenvalue weighted by Crippen LogP contribution is 2.29. The third-order valence-corrected chi connectivity index (χ3v) is 6.69. The third-order valence-electron chi connectivity index (χ3n) is 6.69. The van der Waals surface area contributed by atoms with E-state index >= 15 is 0 Å². The first kappa shape index (κ1) is 20.2. The number of anilines is 3. The number of imidazole rings is 1. The fourth-order valence-corrected chi connectivity index (χ4v) is 4.60. The van der Waals surface area contributed by atoms with Crippen molar-refractivity contribution < 1.29 is 4.79 Å². The first-order chi connectivity index (χ1) is 16.2. The molecule has 0 unspecified atom stereocenters. The molecule has 0 spiro atoms. The number of fused-ring (bicyclic) bond motifs is 1. The minimum absolute atomic E-state index is 0.247. The predicted octanol–water partition coefficient (Wildman–Crippen LogP) is 1.74. The maximum absolute atomic E-state index is 12.0. The van der Waals surface area contributed by atoms with E-state index in [2.05, 4.69) is 35.7 Å². The van der Waals surface area contributed by atoms with E-state index in [1.165, 1.54) is 12.8 Å². The highest BCUT2D eigenvalue weighted by molar-refractivity contribution is 5.84. The number of carbonyl (C=O) groups is 1. The zero-order valence-corrected chi connectivity index (χ0v) is 18.7. The SMILES string of the molecule is O=C1CCCN1CCn1cnc2c(NC3CC3)nc(N3CCN(c4ccccn4)CC3)nc21. The molecule has 0 bridgehead atoms. The van der Waals surface area contributed by atoms with Gasteiger partial charge < -0.3 is 24.6 Å². The van der Waals surface area contributed by atoms with E-state index in [0.717, 1.165) is 67.9 Å². The zero-order valence-electron chi connectivity index (χ0n) is 18.7. The largest absolute Gasteiger partial charge is 0.365 e. The van der Waals surface area contributed by atoms with Gasteiger partial charge in [-0.3, -0.25) is 4.79 Å². The third kappa shape index (κ3) is 4.17. The van der Waals surface area contributed by atoms with Crippen LogP contribution in [0.2, 0.25) is 0 Å². The summed E-state index contributed by atoms with van der Waals surface area (Å²) in [6, 6.07) is 6.50. The summed E-state index contributed by atoms with van der Waals surface area (Å²) in [5, 5.41) is 3.55. The Morgan fingerprint density at radius 1 is 0.970 bits per heavy atom. The highest BCUT2D eigenvalue weighted by atomic mass is 16.2. The summed E-state index contributed by atoms with van der Waals surface area (Å²) < 4.78 is 2.06. The molecule has 5 heterocycles. The van der Waals surface area contributed by atoms with Gasteiger partial charge in [-0.1, -0.05) is 6.07 Å². The van der Waals surface area contributed by atoms with Crippen LogP contribution in [0, 0.1) is 0 Å². The van der Waals surface area contributed by atoms with Gasteiger partial charge in [0.05, 0.1) is 6.33 Å². The standard InChI is InChI=1S/C23H29N9O/c33-19-5-3-9-30(19)12-15-32-16-25-20-21(26-17-6-7-17)27-23(28-22(20)32)31-13-10-29(11-14-31)18-4-1-2-8-24-18/h1-2,4,8,16-17H,3,5-7,9-15H2,(H,26,27,28). The number of piperazine rings is 1. The average molecular weight is 448 g/mol. The van der Waals surface area contributed by atoms with Crippen LogP contribution in [0.4, 0.5) is 17.6 Å². The van der Waals surface area contributed by atoms with Gasteiger partial charge in [-0.15, -0.1) is 0 Å². The Labute approximate surface area is 192 Å². The van der Waals surface area contributed by atoms with Crippen LogP contribution in [0.1, 0.15) is 25.7 Å². The summed E-state index contributed by atoms with van der Waals surface area (Å²) >= 11 is 0. The van der Waals surface area contributed by atoms with Crippen LogP contribution in [0.5, 0.6) is 0 Å². The van der Waals surface area contributed by atoms with Gasteiger partial charge in [-0.25, -0.2) is 9.97 Å². The summed E-state index contributed by atoms with van der Waals surface area (Å²) in [6.07, 6.45) is 7.63. The van der Waals surface area contributed by atoms with Crippen molar-refractivity contribution in [3.63, 3.8) is 0 Å². The topological polar surface area (TPSA) is 95.3 Å². The number of likely N-dealkylation sites (tertiary alicyclic amines) is 1. The molecule has 2 saturated heterocycles. The average Bonchev–Trinajstić information content (AvgIpc) is 3.43. The maximum atomic E-state index is 12.0. The summed E-state index contributed by atoms with van der Waals surface area (Å²) in [4.78, 5) is 37.5. The van der Waals surface area contributed by atoms with Gasteiger partial charge in [-0.2, -0.15) is 9.97 Å². The molecule has 1 amide bonds. The molecule has 3 fully saturated rings. The van der Waals surface area contributed by atoms with Gasteiger partial charge in [-0.05, 0) is 31.4 Å². The van der Waals surface area contributed by atoms with Crippen molar-refractivity contribution in [2.24, 2.45) is 0 Å². The molecular formula is C23H29N9O. The number of pyridine rings is 1. The Bertz CT molecular complexity index is 1140. The number of carbonyl (C=O) groups excluding carboxylic acids is 1. The second kappa shape index (κ2) is 8.49. The minimum atomic E-state index is 0.247. The molecule has 2 aliphatic heterocycles. The number of nitrogens with zero attached hydrogens (tertiary/aromatic N) is 8. The number of nitrogens with one attached hydrogen (secondary N) is 1. The molecule has 1 N–H and O–H groups in total. The van der Waals surface area contributed by atoms with Crippen LogP contribution in [0.3, 0.4) is 0 Å². The van der Waals surface area contributed by atoms with Gasteiger partial charge >= 0.3 is 0 Å². The Hall–Kier alpha value is -3.43. The molecule has 6 rings (SSSR count). The molecule has 0 atom stereocenters. The molecule has 1 saturated carbocycles. The molecule has 3 aromatic heterocycles. The normalized spacial score (nSPS) is 19.0. The minimum Gasteiger partial charge on any atom is -0.365 e. The first-order valence-corrected chi connectivity index (χ1v) is 11.9. The molecule has 3 aromatic rings. The van der Waals surface area contributed by atoms with Crippen LogP contribution in [0.25, 0.3) is 11.2 Å². The van der Waals surface area contributed by atoms with Gasteiger partial charge in [0.1, 0.15) is 5.82 Å². The van der Waals surface area contributed by atoms with Crippen molar-refractivity contribution in [1.82, 2.24) is 29.4 Å². The van der Waals surface area contributed by atoms with Crippen LogP contribution >= 0.6 is 0 Å². The fourth-order valence-electron chi connectivity index (χ4n) is 4.60. The van der Waals surface area contributed by atoms with Gasteiger partial charge in [0.25, 0.3) is 0 Å². The molecule has 172 valence electrons. The quantitative estimate of drug-likeness (QED) is 0.585. The van der Waals surface area contributed by atoms with Crippen molar-refractivity contribution >= 4 is 34.7 Å². The smallest absolute Gasteiger partial charge is 0.229 e. The Morgan fingerprint density at radius 2 is 1.82 bits per heavy atom. The second-order valence-electron chi connectivity index (χ2n) is 9.05. The molecule has 0 aromatic carbocycles. The zero-order chi connectivity index (χ0) is 22.2. The Kier molecular flexibility index (Phi) is 5.20. The van der Waals surface area contributed by atoms with Crippen molar-refractivity contribution in [3.8, 4) is 0 Å². The van der Waals surface area contributed by atoms with E-state index in [-0.39, 0.29) is 5.91 Å². The fraction of sp³-hybridized carbons (Fsp3) is 0.522. The number of rotatable bonds is 7. The van der Waals surface area contributed by atoms with E-state index in [9.17, 15) is 4.79 Å². The lowest BCUT2D eigenvalue weighted by Crippen LogP contribution is -2.47. The first-order valence-electron chi connectivity index (χ1n) is 11.9. The summed E-state index contributed by atoms with van der Waals surface area (Å²) in [5.74, 6) is 2.82. The van der Waals surface area contributed by atoms with Crippen molar-refractivity contribution in [3.05, 3.63) is 30.7 Å². The number of amides is 1. The summed E-state index contributed by atoms with van der Waals surface area (Å²) in [7, 11) is 0. The number of hydrogen-bond donors (Lipinski definition) is 1. The monoisotopic (exact) mass is 447 g/mol. The summed E-state index contributed by atoms with van der Waals surface area (Å²) in [6.45, 7) is 5.65. The summed E-state index contributed by atoms with van der Waals surface area (Å²) in [5.41, 5.74) is 1.65. The van der Waals surface area contributed by atoms with E-state index < -0.39 is 0 Å². The lowest BCUT2D eigenvalue weighted by atomic mass is 10.3. The predicted molar refractivity (Wildman–Crippen MR) is 126 cm³/mol. The number of hydrogen-bond acceptors (Lipinski definition) is 8. The van der Waals surface area contributed by atoms with E-state index in [4.69, 9.17) is 9.97 Å². The van der Waals surface area contributed by atoms with Gasteiger partial charge in [0, 0.05) is 64.5 Å². The van der Waals surface area contributed by atoms with E-state index in [0.29, 0.717) is 25.6 Å². The van der Waals surface area contributed by atoms with Crippen LogP contribution in [-0.2, 0) is 11.3 Å². The molecule has 3 aliphatic rings. The van der Waals surface area contributed by atoms with E-state index in [1.54, 1.807) is 0 Å². The number of aromatic nitrogens is 5. The molecule has 10 nitrogen and oxygen atoms in total. The van der Waals surface area contributed by atoms with Crippen LogP contribution in [0.15, 0.2) is 30.7 Å². The second-order valence-corrected chi connectivity index (χ2v) is 9.05. The molecule has 1 aliphatic carbocycles. The molecule has 33 heavy (non-hydrogen) atoms. The lowest BCUT2D eigenvalue weighted by molar-refractivity contribution is -0.127. The van der Waals surface area contributed by atoms with Crippen molar-refractivity contribution in [1.29, 1.82) is 0 Å². The Morgan fingerprint density at radius 3 is 2.55 bits per heavy atom. The van der Waals surface area contributed by atoms with Crippen molar-refractivity contribution in [2.45, 2.75) is 38.3 Å². The van der Waals surface area contributed by atoms with Crippen LogP contribution < -0.4 is 15.1 Å². The van der Waals surface area contributed by atoms with Gasteiger partial charge in [0.15, 0.2) is 17.0 Å².